The van der Waals surface area contributed by atoms with Crippen LogP contribution in [0.4, 0.5) is 0 Å². The van der Waals surface area contributed by atoms with Crippen molar-refractivity contribution in [1.82, 2.24) is 5.32 Å². The first-order chi connectivity index (χ1) is 6.02. The van der Waals surface area contributed by atoms with Crippen molar-refractivity contribution < 1.29 is 0 Å². The summed E-state index contributed by atoms with van der Waals surface area (Å²) in [6.45, 7) is 11.1. The topological polar surface area (TPSA) is 38.0 Å². The summed E-state index contributed by atoms with van der Waals surface area (Å²) >= 11 is 0. The molecule has 0 aromatic rings. The second-order valence-corrected chi connectivity index (χ2v) is 4.65. The van der Waals surface area contributed by atoms with Gasteiger partial charge in [0.1, 0.15) is 0 Å². The minimum absolute atomic E-state index is 0.372. The molecule has 0 saturated carbocycles. The van der Waals surface area contributed by atoms with Crippen molar-refractivity contribution in [3.63, 3.8) is 0 Å². The predicted octanol–water partition coefficient (Wildman–Crippen LogP) is 2.14. The number of nitrogens with two attached hydrogens (primary N) is 1. The van der Waals surface area contributed by atoms with Gasteiger partial charge in [-0.15, -0.1) is 0 Å². The van der Waals surface area contributed by atoms with Gasteiger partial charge in [0.25, 0.3) is 0 Å². The summed E-state index contributed by atoms with van der Waals surface area (Å²) in [4.78, 5) is 0. The van der Waals surface area contributed by atoms with E-state index in [1.165, 1.54) is 6.42 Å². The van der Waals surface area contributed by atoms with E-state index < -0.39 is 0 Å². The lowest BCUT2D eigenvalue weighted by Crippen LogP contribution is -2.32. The van der Waals surface area contributed by atoms with Gasteiger partial charge in [0, 0.05) is 12.6 Å². The first-order valence-electron chi connectivity index (χ1n) is 5.48. The van der Waals surface area contributed by atoms with Gasteiger partial charge in [-0.2, -0.15) is 0 Å². The number of hydrogen-bond donors (Lipinski definition) is 2. The smallest absolute Gasteiger partial charge is 0.00482 e. The molecule has 80 valence electrons. The standard InChI is InChI=1S/C11H26N2/c1-5-10(12)7-8-13-9-11(3,4)6-2/h10,13H,5-9,12H2,1-4H3. The number of hydrogen-bond acceptors (Lipinski definition) is 2. The largest absolute Gasteiger partial charge is 0.328 e. The molecule has 0 aliphatic carbocycles. The quantitative estimate of drug-likeness (QED) is 0.598. The second kappa shape index (κ2) is 6.39. The van der Waals surface area contributed by atoms with E-state index in [0.29, 0.717) is 11.5 Å². The maximum Gasteiger partial charge on any atom is 0.00482 e. The van der Waals surface area contributed by atoms with Crippen LogP contribution < -0.4 is 11.1 Å². The zero-order chi connectivity index (χ0) is 10.3. The summed E-state index contributed by atoms with van der Waals surface area (Å²) in [6, 6.07) is 0.372. The molecule has 1 atom stereocenters. The van der Waals surface area contributed by atoms with E-state index in [9.17, 15) is 0 Å². The van der Waals surface area contributed by atoms with E-state index in [2.05, 4.69) is 33.0 Å². The summed E-state index contributed by atoms with van der Waals surface area (Å²) in [5, 5.41) is 3.46. The third-order valence-corrected chi connectivity index (χ3v) is 2.78. The highest BCUT2D eigenvalue weighted by Gasteiger charge is 2.13. The van der Waals surface area contributed by atoms with E-state index in [1.807, 2.05) is 0 Å². The first-order valence-corrected chi connectivity index (χ1v) is 5.48. The Balaban J connectivity index is 3.35. The average Bonchev–Trinajstić information content (AvgIpc) is 2.12. The van der Waals surface area contributed by atoms with Crippen LogP contribution in [0.3, 0.4) is 0 Å². The molecule has 0 saturated heterocycles. The molecule has 0 aromatic heterocycles. The van der Waals surface area contributed by atoms with E-state index in [4.69, 9.17) is 5.73 Å². The Morgan fingerprint density at radius 1 is 1.31 bits per heavy atom. The van der Waals surface area contributed by atoms with Crippen LogP contribution >= 0.6 is 0 Å². The van der Waals surface area contributed by atoms with Gasteiger partial charge in [0.2, 0.25) is 0 Å². The fourth-order valence-electron chi connectivity index (χ4n) is 1.04. The van der Waals surface area contributed by atoms with Crippen LogP contribution in [0.25, 0.3) is 0 Å². The highest BCUT2D eigenvalue weighted by Crippen LogP contribution is 2.17. The minimum Gasteiger partial charge on any atom is -0.328 e. The SMILES string of the molecule is CCC(N)CCNCC(C)(C)CC. The van der Waals surface area contributed by atoms with Crippen molar-refractivity contribution in [2.75, 3.05) is 13.1 Å². The Morgan fingerprint density at radius 3 is 2.38 bits per heavy atom. The van der Waals surface area contributed by atoms with Gasteiger partial charge in [-0.3, -0.25) is 0 Å². The molecule has 0 aromatic carbocycles. The van der Waals surface area contributed by atoms with Crippen LogP contribution in [0.5, 0.6) is 0 Å². The lowest BCUT2D eigenvalue weighted by molar-refractivity contribution is 0.325. The molecular formula is C11H26N2. The van der Waals surface area contributed by atoms with Crippen LogP contribution in [-0.2, 0) is 0 Å². The molecule has 13 heavy (non-hydrogen) atoms. The van der Waals surface area contributed by atoms with Crippen LogP contribution in [-0.4, -0.2) is 19.1 Å². The van der Waals surface area contributed by atoms with Crippen molar-refractivity contribution in [2.24, 2.45) is 11.1 Å². The van der Waals surface area contributed by atoms with Gasteiger partial charge in [-0.1, -0.05) is 27.7 Å². The molecule has 0 bridgehead atoms. The van der Waals surface area contributed by atoms with Crippen molar-refractivity contribution in [3.05, 3.63) is 0 Å². The summed E-state index contributed by atoms with van der Waals surface area (Å²) < 4.78 is 0. The molecular weight excluding hydrogens is 160 g/mol. The lowest BCUT2D eigenvalue weighted by Gasteiger charge is -2.23. The van der Waals surface area contributed by atoms with Gasteiger partial charge >= 0.3 is 0 Å². The molecule has 2 heteroatoms. The highest BCUT2D eigenvalue weighted by molar-refractivity contribution is 4.70. The van der Waals surface area contributed by atoms with Gasteiger partial charge < -0.3 is 11.1 Å². The monoisotopic (exact) mass is 186 g/mol. The van der Waals surface area contributed by atoms with Gasteiger partial charge in [-0.25, -0.2) is 0 Å². The Hall–Kier alpha value is -0.0800. The average molecular weight is 186 g/mol. The van der Waals surface area contributed by atoms with Crippen LogP contribution in [0.2, 0.25) is 0 Å². The third kappa shape index (κ3) is 7.03. The molecule has 1 unspecified atom stereocenters. The van der Waals surface area contributed by atoms with E-state index >= 15 is 0 Å². The van der Waals surface area contributed by atoms with Crippen LogP contribution in [0.15, 0.2) is 0 Å². The van der Waals surface area contributed by atoms with Gasteiger partial charge in [0.15, 0.2) is 0 Å². The maximum atomic E-state index is 5.82. The van der Waals surface area contributed by atoms with Crippen molar-refractivity contribution in [1.29, 1.82) is 0 Å². The molecule has 3 N–H and O–H groups in total. The molecule has 0 radical (unpaired) electrons. The molecule has 0 fully saturated rings. The van der Waals surface area contributed by atoms with E-state index in [-0.39, 0.29) is 0 Å². The Kier molecular flexibility index (Phi) is 6.35. The zero-order valence-electron chi connectivity index (χ0n) is 9.69. The highest BCUT2D eigenvalue weighted by atomic mass is 14.9. The molecule has 2 nitrogen and oxygen atoms in total. The van der Waals surface area contributed by atoms with E-state index in [0.717, 1.165) is 25.9 Å². The van der Waals surface area contributed by atoms with Gasteiger partial charge in [0.05, 0.1) is 0 Å². The maximum absolute atomic E-state index is 5.82. The Morgan fingerprint density at radius 2 is 1.92 bits per heavy atom. The van der Waals surface area contributed by atoms with Crippen molar-refractivity contribution >= 4 is 0 Å². The molecule has 0 spiro atoms. The summed E-state index contributed by atoms with van der Waals surface area (Å²) in [5.41, 5.74) is 6.24. The normalized spacial score (nSPS) is 14.5. The van der Waals surface area contributed by atoms with Crippen LogP contribution in [0, 0.1) is 5.41 Å². The molecule has 0 heterocycles. The summed E-state index contributed by atoms with van der Waals surface area (Å²) in [5.74, 6) is 0. The lowest BCUT2D eigenvalue weighted by atomic mass is 9.90. The summed E-state index contributed by atoms with van der Waals surface area (Å²) in [7, 11) is 0. The minimum atomic E-state index is 0.372. The number of rotatable bonds is 7. The molecule has 0 aliphatic heterocycles. The van der Waals surface area contributed by atoms with Gasteiger partial charge in [-0.05, 0) is 31.2 Å². The van der Waals surface area contributed by atoms with E-state index in [1.54, 1.807) is 0 Å². The Bertz CT molecular complexity index is 121. The van der Waals surface area contributed by atoms with Crippen molar-refractivity contribution in [2.45, 2.75) is 53.0 Å². The molecule has 0 rings (SSSR count). The molecule has 0 aliphatic rings. The fraction of sp³-hybridized carbons (Fsp3) is 1.00. The summed E-state index contributed by atoms with van der Waals surface area (Å²) in [6.07, 6.45) is 3.40. The van der Waals surface area contributed by atoms with Crippen molar-refractivity contribution in [3.8, 4) is 0 Å². The molecule has 0 amide bonds. The van der Waals surface area contributed by atoms with Crippen LogP contribution in [0.1, 0.15) is 47.0 Å². The zero-order valence-corrected chi connectivity index (χ0v) is 9.69. The first kappa shape index (κ1) is 12.9. The third-order valence-electron chi connectivity index (χ3n) is 2.78. The fourth-order valence-corrected chi connectivity index (χ4v) is 1.04. The predicted molar refractivity (Wildman–Crippen MR) is 59.8 cm³/mol. The number of nitrogens with one attached hydrogen (secondary N) is 1. The Labute approximate surface area is 83.3 Å². The second-order valence-electron chi connectivity index (χ2n) is 4.65.